The second kappa shape index (κ2) is 7.79. The fourth-order valence-electron chi connectivity index (χ4n) is 3.27. The van der Waals surface area contributed by atoms with Gasteiger partial charge in [-0.15, -0.1) is 0 Å². The van der Waals surface area contributed by atoms with Crippen molar-refractivity contribution in [1.29, 1.82) is 0 Å². The average Bonchev–Trinajstić information content (AvgIpc) is 2.85. The SMILES string of the molecule is CCC1CCCCC1n1cc(CNCCOC)c(C)n1. The van der Waals surface area contributed by atoms with Crippen molar-refractivity contribution in [2.24, 2.45) is 5.92 Å². The van der Waals surface area contributed by atoms with Crippen LogP contribution in [0.25, 0.3) is 0 Å². The van der Waals surface area contributed by atoms with Crippen molar-refractivity contribution in [3.05, 3.63) is 17.5 Å². The quantitative estimate of drug-likeness (QED) is 0.780. The Labute approximate surface area is 122 Å². The van der Waals surface area contributed by atoms with Gasteiger partial charge in [-0.1, -0.05) is 26.2 Å². The van der Waals surface area contributed by atoms with Crippen molar-refractivity contribution < 1.29 is 4.74 Å². The molecule has 114 valence electrons. The first-order valence-electron chi connectivity index (χ1n) is 8.00. The molecule has 1 aliphatic carbocycles. The van der Waals surface area contributed by atoms with E-state index in [1.165, 1.54) is 37.7 Å². The van der Waals surface area contributed by atoms with Gasteiger partial charge in [0.15, 0.2) is 0 Å². The third kappa shape index (κ3) is 3.83. The summed E-state index contributed by atoms with van der Waals surface area (Å²) in [6.07, 6.45) is 8.92. The highest BCUT2D eigenvalue weighted by Gasteiger charge is 2.26. The summed E-state index contributed by atoms with van der Waals surface area (Å²) in [7, 11) is 1.74. The fourth-order valence-corrected chi connectivity index (χ4v) is 3.27. The van der Waals surface area contributed by atoms with Gasteiger partial charge in [0.05, 0.1) is 18.3 Å². The third-order valence-electron chi connectivity index (χ3n) is 4.55. The molecule has 2 unspecified atom stereocenters. The van der Waals surface area contributed by atoms with Crippen LogP contribution in [0, 0.1) is 12.8 Å². The van der Waals surface area contributed by atoms with Gasteiger partial charge in [-0.3, -0.25) is 4.68 Å². The molecule has 2 rings (SSSR count). The van der Waals surface area contributed by atoms with Crippen LogP contribution in [0.3, 0.4) is 0 Å². The minimum absolute atomic E-state index is 0.611. The first-order valence-corrected chi connectivity index (χ1v) is 8.00. The number of rotatable bonds is 7. The molecular formula is C16H29N3O. The summed E-state index contributed by atoms with van der Waals surface area (Å²) >= 11 is 0. The van der Waals surface area contributed by atoms with Crippen LogP contribution < -0.4 is 5.32 Å². The number of nitrogens with one attached hydrogen (secondary N) is 1. The van der Waals surface area contributed by atoms with Crippen LogP contribution >= 0.6 is 0 Å². The Morgan fingerprint density at radius 3 is 2.95 bits per heavy atom. The normalized spacial score (nSPS) is 23.1. The van der Waals surface area contributed by atoms with Crippen LogP contribution in [0.2, 0.25) is 0 Å². The Balaban J connectivity index is 1.98. The highest BCUT2D eigenvalue weighted by molar-refractivity contribution is 5.15. The van der Waals surface area contributed by atoms with E-state index in [0.29, 0.717) is 6.04 Å². The van der Waals surface area contributed by atoms with E-state index in [4.69, 9.17) is 9.84 Å². The van der Waals surface area contributed by atoms with Crippen molar-refractivity contribution >= 4 is 0 Å². The molecule has 1 aromatic rings. The van der Waals surface area contributed by atoms with E-state index in [2.05, 4.69) is 30.0 Å². The third-order valence-corrected chi connectivity index (χ3v) is 4.55. The van der Waals surface area contributed by atoms with Crippen molar-refractivity contribution in [3.63, 3.8) is 0 Å². The lowest BCUT2D eigenvalue weighted by Crippen LogP contribution is -2.23. The average molecular weight is 279 g/mol. The van der Waals surface area contributed by atoms with E-state index in [1.54, 1.807) is 7.11 Å². The van der Waals surface area contributed by atoms with Crippen LogP contribution in [0.15, 0.2) is 6.20 Å². The lowest BCUT2D eigenvalue weighted by atomic mass is 9.83. The maximum atomic E-state index is 5.06. The van der Waals surface area contributed by atoms with E-state index in [-0.39, 0.29) is 0 Å². The molecule has 1 heterocycles. The Kier molecular flexibility index (Phi) is 6.05. The van der Waals surface area contributed by atoms with Gasteiger partial charge in [0.2, 0.25) is 0 Å². The lowest BCUT2D eigenvalue weighted by Gasteiger charge is -2.31. The number of ether oxygens (including phenoxy) is 1. The highest BCUT2D eigenvalue weighted by Crippen LogP contribution is 2.35. The Morgan fingerprint density at radius 2 is 2.20 bits per heavy atom. The van der Waals surface area contributed by atoms with Gasteiger partial charge in [-0.05, 0) is 25.7 Å². The lowest BCUT2D eigenvalue weighted by molar-refractivity contribution is 0.199. The number of hydrogen-bond acceptors (Lipinski definition) is 3. The molecule has 0 aromatic carbocycles. The van der Waals surface area contributed by atoms with Crippen molar-refractivity contribution in [1.82, 2.24) is 15.1 Å². The van der Waals surface area contributed by atoms with E-state index in [9.17, 15) is 0 Å². The molecule has 1 fully saturated rings. The smallest absolute Gasteiger partial charge is 0.0638 e. The molecule has 1 saturated carbocycles. The molecule has 0 aliphatic heterocycles. The zero-order valence-electron chi connectivity index (χ0n) is 13.2. The first-order chi connectivity index (χ1) is 9.76. The van der Waals surface area contributed by atoms with Gasteiger partial charge < -0.3 is 10.1 Å². The highest BCUT2D eigenvalue weighted by atomic mass is 16.5. The van der Waals surface area contributed by atoms with Crippen LogP contribution in [-0.4, -0.2) is 30.0 Å². The van der Waals surface area contributed by atoms with Crippen molar-refractivity contribution in [3.8, 4) is 0 Å². The Morgan fingerprint density at radius 1 is 1.40 bits per heavy atom. The van der Waals surface area contributed by atoms with Crippen LogP contribution in [0.1, 0.15) is 56.3 Å². The molecule has 0 radical (unpaired) electrons. The minimum Gasteiger partial charge on any atom is -0.383 e. The molecule has 0 bridgehead atoms. The van der Waals surface area contributed by atoms with Gasteiger partial charge in [0.25, 0.3) is 0 Å². The predicted octanol–water partition coefficient (Wildman–Crippen LogP) is 3.07. The number of nitrogens with zero attached hydrogens (tertiary/aromatic N) is 2. The number of aromatic nitrogens is 2. The van der Waals surface area contributed by atoms with Gasteiger partial charge in [0, 0.05) is 32.0 Å². The molecule has 1 N–H and O–H groups in total. The molecule has 20 heavy (non-hydrogen) atoms. The number of methoxy groups -OCH3 is 1. The molecule has 0 spiro atoms. The monoisotopic (exact) mass is 279 g/mol. The predicted molar refractivity (Wildman–Crippen MR) is 81.8 cm³/mol. The maximum absolute atomic E-state index is 5.06. The largest absolute Gasteiger partial charge is 0.383 e. The Hall–Kier alpha value is -0.870. The van der Waals surface area contributed by atoms with Crippen LogP contribution in [-0.2, 0) is 11.3 Å². The topological polar surface area (TPSA) is 39.1 Å². The number of hydrogen-bond donors (Lipinski definition) is 1. The fraction of sp³-hybridized carbons (Fsp3) is 0.812. The molecule has 0 saturated heterocycles. The zero-order valence-corrected chi connectivity index (χ0v) is 13.2. The summed E-state index contributed by atoms with van der Waals surface area (Å²) < 4.78 is 7.30. The Bertz CT molecular complexity index is 402. The molecular weight excluding hydrogens is 250 g/mol. The van der Waals surface area contributed by atoms with Crippen LogP contribution in [0.5, 0.6) is 0 Å². The molecule has 4 nitrogen and oxygen atoms in total. The van der Waals surface area contributed by atoms with E-state index in [1.807, 2.05) is 0 Å². The second-order valence-corrected chi connectivity index (χ2v) is 5.91. The summed E-state index contributed by atoms with van der Waals surface area (Å²) in [5.41, 5.74) is 2.48. The molecule has 0 amide bonds. The summed E-state index contributed by atoms with van der Waals surface area (Å²) in [6.45, 7) is 6.97. The van der Waals surface area contributed by atoms with E-state index in [0.717, 1.165) is 31.3 Å². The summed E-state index contributed by atoms with van der Waals surface area (Å²) in [6, 6.07) is 0.611. The van der Waals surface area contributed by atoms with Crippen LogP contribution in [0.4, 0.5) is 0 Å². The van der Waals surface area contributed by atoms with E-state index >= 15 is 0 Å². The standard InChI is InChI=1S/C16H29N3O/c1-4-14-7-5-6-8-16(14)19-12-15(13(2)18-19)11-17-9-10-20-3/h12,14,16-17H,4-11H2,1-3H3. The minimum atomic E-state index is 0.611. The molecule has 1 aliphatic rings. The molecule has 4 heteroatoms. The van der Waals surface area contributed by atoms with E-state index < -0.39 is 0 Å². The second-order valence-electron chi connectivity index (χ2n) is 5.91. The van der Waals surface area contributed by atoms with Gasteiger partial charge in [0.1, 0.15) is 0 Å². The molecule has 1 aromatic heterocycles. The number of aryl methyl sites for hydroxylation is 1. The summed E-state index contributed by atoms with van der Waals surface area (Å²) in [5.74, 6) is 0.803. The van der Waals surface area contributed by atoms with Gasteiger partial charge in [-0.25, -0.2) is 0 Å². The van der Waals surface area contributed by atoms with Gasteiger partial charge >= 0.3 is 0 Å². The zero-order chi connectivity index (χ0) is 14.4. The van der Waals surface area contributed by atoms with Crippen molar-refractivity contribution in [2.75, 3.05) is 20.3 Å². The summed E-state index contributed by atoms with van der Waals surface area (Å²) in [5, 5.41) is 8.18. The molecule has 2 atom stereocenters. The summed E-state index contributed by atoms with van der Waals surface area (Å²) in [4.78, 5) is 0. The van der Waals surface area contributed by atoms with Crippen molar-refractivity contribution in [2.45, 2.75) is 58.5 Å². The first kappa shape index (κ1) is 15.5. The maximum Gasteiger partial charge on any atom is 0.0638 e. The van der Waals surface area contributed by atoms with Gasteiger partial charge in [-0.2, -0.15) is 5.10 Å².